The fraction of sp³-hybridized carbons (Fsp3) is 0.158. The lowest BCUT2D eigenvalue weighted by atomic mass is 10.1. The molecule has 6 heteroatoms. The Balaban J connectivity index is 1.76. The van der Waals surface area contributed by atoms with Crippen molar-refractivity contribution in [2.75, 3.05) is 11.9 Å². The van der Waals surface area contributed by atoms with E-state index in [1.807, 2.05) is 6.92 Å². The van der Waals surface area contributed by atoms with Crippen LogP contribution >= 0.6 is 0 Å². The SMILES string of the molecule is CCn1ccc2c(OCC(=O)Nc3cccc(F)c3)cccc2c1=O. The van der Waals surface area contributed by atoms with Crippen LogP contribution in [-0.2, 0) is 11.3 Å². The van der Waals surface area contributed by atoms with E-state index in [9.17, 15) is 14.0 Å². The first kappa shape index (κ1) is 16.7. The van der Waals surface area contributed by atoms with Crippen LogP contribution in [0.5, 0.6) is 5.75 Å². The predicted molar refractivity (Wildman–Crippen MR) is 94.4 cm³/mol. The molecule has 0 aliphatic carbocycles. The smallest absolute Gasteiger partial charge is 0.262 e. The van der Waals surface area contributed by atoms with E-state index in [-0.39, 0.29) is 12.2 Å². The third kappa shape index (κ3) is 3.68. The van der Waals surface area contributed by atoms with Crippen molar-refractivity contribution in [3.05, 3.63) is 70.9 Å². The van der Waals surface area contributed by atoms with Gasteiger partial charge in [-0.1, -0.05) is 12.1 Å². The zero-order chi connectivity index (χ0) is 17.8. The van der Waals surface area contributed by atoms with Gasteiger partial charge in [0.15, 0.2) is 6.61 Å². The van der Waals surface area contributed by atoms with Gasteiger partial charge < -0.3 is 14.6 Å². The lowest BCUT2D eigenvalue weighted by Gasteiger charge is -2.11. The third-order valence-corrected chi connectivity index (χ3v) is 3.79. The molecule has 0 spiro atoms. The largest absolute Gasteiger partial charge is 0.483 e. The molecule has 3 aromatic rings. The summed E-state index contributed by atoms with van der Waals surface area (Å²) < 4.78 is 20.3. The first-order valence-corrected chi connectivity index (χ1v) is 7.89. The van der Waals surface area contributed by atoms with Gasteiger partial charge in [-0.3, -0.25) is 9.59 Å². The molecular formula is C19H17FN2O3. The molecule has 128 valence electrons. The van der Waals surface area contributed by atoms with Crippen molar-refractivity contribution >= 4 is 22.4 Å². The van der Waals surface area contributed by atoms with Crippen LogP contribution in [0.15, 0.2) is 59.5 Å². The van der Waals surface area contributed by atoms with E-state index in [4.69, 9.17) is 4.74 Å². The molecule has 5 nitrogen and oxygen atoms in total. The van der Waals surface area contributed by atoms with Crippen LogP contribution < -0.4 is 15.6 Å². The first-order chi connectivity index (χ1) is 12.1. The van der Waals surface area contributed by atoms with E-state index in [0.717, 1.165) is 0 Å². The number of nitrogens with one attached hydrogen (secondary N) is 1. The minimum atomic E-state index is -0.431. The van der Waals surface area contributed by atoms with Gasteiger partial charge in [-0.15, -0.1) is 0 Å². The molecule has 0 saturated heterocycles. The van der Waals surface area contributed by atoms with Crippen molar-refractivity contribution in [3.63, 3.8) is 0 Å². The van der Waals surface area contributed by atoms with E-state index < -0.39 is 11.7 Å². The van der Waals surface area contributed by atoms with Gasteiger partial charge in [0.25, 0.3) is 11.5 Å². The Hall–Kier alpha value is -3.15. The summed E-state index contributed by atoms with van der Waals surface area (Å²) in [4.78, 5) is 24.3. The maximum atomic E-state index is 13.1. The van der Waals surface area contributed by atoms with Crippen molar-refractivity contribution < 1.29 is 13.9 Å². The second kappa shape index (κ2) is 7.17. The van der Waals surface area contributed by atoms with Gasteiger partial charge in [0, 0.05) is 23.8 Å². The first-order valence-electron chi connectivity index (χ1n) is 7.89. The second-order valence-electron chi connectivity index (χ2n) is 5.47. The maximum absolute atomic E-state index is 13.1. The van der Waals surface area contributed by atoms with Gasteiger partial charge in [0.2, 0.25) is 0 Å². The molecule has 1 aromatic heterocycles. The number of amides is 1. The van der Waals surface area contributed by atoms with E-state index in [2.05, 4.69) is 5.32 Å². The molecule has 1 amide bonds. The summed E-state index contributed by atoms with van der Waals surface area (Å²) >= 11 is 0. The van der Waals surface area contributed by atoms with E-state index >= 15 is 0 Å². The number of carbonyl (C=O) groups is 1. The highest BCUT2D eigenvalue weighted by Crippen LogP contribution is 2.23. The van der Waals surface area contributed by atoms with Gasteiger partial charge in [0.1, 0.15) is 11.6 Å². The van der Waals surface area contributed by atoms with E-state index in [0.29, 0.717) is 28.8 Å². The van der Waals surface area contributed by atoms with Crippen LogP contribution in [-0.4, -0.2) is 17.1 Å². The van der Waals surface area contributed by atoms with Crippen LogP contribution in [0.25, 0.3) is 10.8 Å². The van der Waals surface area contributed by atoms with E-state index in [1.54, 1.807) is 41.1 Å². The standard InChI is InChI=1S/C19H17FN2O3/c1-2-22-10-9-15-16(19(22)24)7-4-8-17(15)25-12-18(23)21-14-6-3-5-13(20)11-14/h3-11H,2,12H2,1H3,(H,21,23). The van der Waals surface area contributed by atoms with Crippen molar-refractivity contribution in [2.24, 2.45) is 0 Å². The van der Waals surface area contributed by atoms with Crippen molar-refractivity contribution in [1.82, 2.24) is 4.57 Å². The van der Waals surface area contributed by atoms with Gasteiger partial charge in [-0.2, -0.15) is 0 Å². The molecule has 1 heterocycles. The fourth-order valence-electron chi connectivity index (χ4n) is 2.57. The molecule has 0 atom stereocenters. The van der Waals surface area contributed by atoms with Crippen LogP contribution in [0, 0.1) is 5.82 Å². The Morgan fingerprint density at radius 2 is 1.96 bits per heavy atom. The normalized spacial score (nSPS) is 10.6. The summed E-state index contributed by atoms with van der Waals surface area (Å²) in [6.07, 6.45) is 1.70. The zero-order valence-electron chi connectivity index (χ0n) is 13.7. The molecule has 2 aromatic carbocycles. The lowest BCUT2D eigenvalue weighted by Crippen LogP contribution is -2.21. The molecule has 0 saturated carbocycles. The molecule has 1 N–H and O–H groups in total. The van der Waals surface area contributed by atoms with Gasteiger partial charge in [0.05, 0.1) is 5.39 Å². The quantitative estimate of drug-likeness (QED) is 0.776. The molecule has 0 bridgehead atoms. The number of carbonyl (C=O) groups excluding carboxylic acids is 1. The number of ether oxygens (including phenoxy) is 1. The Morgan fingerprint density at radius 1 is 1.16 bits per heavy atom. The molecule has 0 radical (unpaired) electrons. The predicted octanol–water partition coefficient (Wildman–Crippen LogP) is 3.18. The molecule has 3 rings (SSSR count). The highest BCUT2D eigenvalue weighted by molar-refractivity contribution is 5.92. The van der Waals surface area contributed by atoms with Crippen LogP contribution in [0.4, 0.5) is 10.1 Å². The molecule has 0 aliphatic heterocycles. The molecule has 25 heavy (non-hydrogen) atoms. The summed E-state index contributed by atoms with van der Waals surface area (Å²) in [5.74, 6) is -0.392. The van der Waals surface area contributed by atoms with Gasteiger partial charge >= 0.3 is 0 Å². The van der Waals surface area contributed by atoms with Gasteiger partial charge in [-0.25, -0.2) is 4.39 Å². The number of benzene rings is 2. The minimum absolute atomic E-state index is 0.102. The Kier molecular flexibility index (Phi) is 4.79. The third-order valence-electron chi connectivity index (χ3n) is 3.79. The van der Waals surface area contributed by atoms with Crippen LogP contribution in [0.1, 0.15) is 6.92 Å². The highest BCUT2D eigenvalue weighted by atomic mass is 19.1. The summed E-state index contributed by atoms with van der Waals surface area (Å²) in [5.41, 5.74) is 0.256. The fourth-order valence-corrected chi connectivity index (χ4v) is 2.57. The van der Waals surface area contributed by atoms with Crippen molar-refractivity contribution in [1.29, 1.82) is 0 Å². The number of pyridine rings is 1. The number of rotatable bonds is 5. The second-order valence-corrected chi connectivity index (χ2v) is 5.47. The number of nitrogens with zero attached hydrogens (tertiary/aromatic N) is 1. The number of anilines is 1. The number of aryl methyl sites for hydroxylation is 1. The molecule has 0 aliphatic rings. The number of hydrogen-bond donors (Lipinski definition) is 1. The topological polar surface area (TPSA) is 60.3 Å². The number of hydrogen-bond acceptors (Lipinski definition) is 3. The molecule has 0 fully saturated rings. The number of aromatic nitrogens is 1. The summed E-state index contributed by atoms with van der Waals surface area (Å²) in [6.45, 7) is 2.23. The summed E-state index contributed by atoms with van der Waals surface area (Å²) in [5, 5.41) is 3.74. The molecule has 0 unspecified atom stereocenters. The summed E-state index contributed by atoms with van der Waals surface area (Å²) in [6, 6.07) is 12.6. The Labute approximate surface area is 143 Å². The Morgan fingerprint density at radius 3 is 2.72 bits per heavy atom. The van der Waals surface area contributed by atoms with Gasteiger partial charge in [-0.05, 0) is 43.3 Å². The zero-order valence-corrected chi connectivity index (χ0v) is 13.7. The highest BCUT2D eigenvalue weighted by Gasteiger charge is 2.09. The van der Waals surface area contributed by atoms with Crippen LogP contribution in [0.2, 0.25) is 0 Å². The maximum Gasteiger partial charge on any atom is 0.262 e. The average Bonchev–Trinajstić information content (AvgIpc) is 2.60. The lowest BCUT2D eigenvalue weighted by molar-refractivity contribution is -0.118. The van der Waals surface area contributed by atoms with Crippen molar-refractivity contribution in [2.45, 2.75) is 13.5 Å². The van der Waals surface area contributed by atoms with E-state index in [1.165, 1.54) is 18.2 Å². The average molecular weight is 340 g/mol. The monoisotopic (exact) mass is 340 g/mol. The molecular weight excluding hydrogens is 323 g/mol. The number of fused-ring (bicyclic) bond motifs is 1. The summed E-state index contributed by atoms with van der Waals surface area (Å²) in [7, 11) is 0. The van der Waals surface area contributed by atoms with Crippen molar-refractivity contribution in [3.8, 4) is 5.75 Å². The van der Waals surface area contributed by atoms with Crippen LogP contribution in [0.3, 0.4) is 0 Å². The number of halogens is 1. The Bertz CT molecular complexity index is 982. The minimum Gasteiger partial charge on any atom is -0.483 e.